The van der Waals surface area contributed by atoms with Gasteiger partial charge in [-0.25, -0.2) is 0 Å². The number of nitrogens with zero attached hydrogens (tertiary/aromatic N) is 2. The summed E-state index contributed by atoms with van der Waals surface area (Å²) >= 11 is 0. The van der Waals surface area contributed by atoms with Crippen molar-refractivity contribution in [1.82, 2.24) is 10.2 Å². The highest BCUT2D eigenvalue weighted by molar-refractivity contribution is 6.39. The Morgan fingerprint density at radius 3 is 2.67 bits per heavy atom. The molecule has 1 fully saturated rings. The van der Waals surface area contributed by atoms with Crippen molar-refractivity contribution in [2.24, 2.45) is 5.16 Å². The fourth-order valence-electron chi connectivity index (χ4n) is 4.14. The van der Waals surface area contributed by atoms with Gasteiger partial charge in [-0.15, -0.1) is 0 Å². The van der Waals surface area contributed by atoms with Gasteiger partial charge in [-0.05, 0) is 45.2 Å². The monoisotopic (exact) mass is 409 g/mol. The predicted octanol–water partition coefficient (Wildman–Crippen LogP) is 3.27. The van der Waals surface area contributed by atoms with Gasteiger partial charge in [-0.2, -0.15) is 0 Å². The molecule has 4 rings (SSSR count). The second-order valence-corrected chi connectivity index (χ2v) is 8.31. The van der Waals surface area contributed by atoms with Crippen LogP contribution in [0.3, 0.4) is 0 Å². The lowest BCUT2D eigenvalue weighted by Gasteiger charge is -2.38. The van der Waals surface area contributed by atoms with Gasteiger partial charge in [-0.3, -0.25) is 9.59 Å². The van der Waals surface area contributed by atoms with E-state index in [4.69, 9.17) is 9.25 Å². The number of hydrogen-bond acceptors (Lipinski definition) is 5. The molecular weight excluding hydrogens is 382 g/mol. The molecule has 1 spiro atoms. The van der Waals surface area contributed by atoms with Crippen molar-refractivity contribution >= 4 is 17.5 Å². The molecule has 2 amide bonds. The van der Waals surface area contributed by atoms with Crippen LogP contribution in [0.5, 0.6) is 0 Å². The van der Waals surface area contributed by atoms with E-state index in [0.29, 0.717) is 43.1 Å². The third kappa shape index (κ3) is 4.10. The molecule has 2 aliphatic rings. The van der Waals surface area contributed by atoms with E-state index in [0.717, 1.165) is 24.2 Å². The van der Waals surface area contributed by atoms with E-state index in [1.807, 2.05) is 38.1 Å². The van der Waals surface area contributed by atoms with E-state index in [9.17, 15) is 9.59 Å². The third-order valence-electron chi connectivity index (χ3n) is 5.77. The van der Waals surface area contributed by atoms with Gasteiger partial charge in [0.25, 0.3) is 11.8 Å². The van der Waals surface area contributed by atoms with E-state index in [-0.39, 0.29) is 11.8 Å². The zero-order valence-electron chi connectivity index (χ0n) is 17.7. The molecule has 0 saturated carbocycles. The van der Waals surface area contributed by atoms with Gasteiger partial charge in [0, 0.05) is 19.5 Å². The largest absolute Gasteiger partial charge is 0.466 e. The van der Waals surface area contributed by atoms with Gasteiger partial charge in [0.1, 0.15) is 17.2 Å². The van der Waals surface area contributed by atoms with E-state index in [2.05, 4.69) is 10.5 Å². The summed E-state index contributed by atoms with van der Waals surface area (Å²) in [6, 6.07) is 9.80. The lowest BCUT2D eigenvalue weighted by Crippen LogP contribution is -2.51. The molecule has 0 aliphatic carbocycles. The van der Waals surface area contributed by atoms with Crippen LogP contribution in [0.2, 0.25) is 0 Å². The van der Waals surface area contributed by atoms with Crippen molar-refractivity contribution < 1.29 is 18.8 Å². The first-order valence-corrected chi connectivity index (χ1v) is 10.3. The number of benzene rings is 1. The Morgan fingerprint density at radius 2 is 1.97 bits per heavy atom. The summed E-state index contributed by atoms with van der Waals surface area (Å²) < 4.78 is 5.51. The van der Waals surface area contributed by atoms with Gasteiger partial charge < -0.3 is 19.5 Å². The second kappa shape index (κ2) is 7.97. The van der Waals surface area contributed by atoms with Crippen molar-refractivity contribution in [1.29, 1.82) is 0 Å². The molecule has 7 nitrogen and oxygen atoms in total. The summed E-state index contributed by atoms with van der Waals surface area (Å²) in [5.74, 6) is 1.05. The number of aryl methyl sites for hydroxylation is 3. The van der Waals surface area contributed by atoms with Crippen molar-refractivity contribution in [2.75, 3.05) is 13.1 Å². The SMILES string of the molecule is Cc1ccc(CNC(=O)C2=NO[C@@]3(CCCN(C(=O)c4cc(C)oc4C)C3)C2)cc1. The number of piperidine rings is 1. The molecule has 3 heterocycles. The standard InChI is InChI=1S/C23H27N3O4/c1-15-5-7-18(8-6-15)13-24-21(27)20-12-23(30-25-20)9-4-10-26(14-23)22(28)19-11-16(2)29-17(19)3/h5-8,11H,4,9-10,12-14H2,1-3H3,(H,24,27)/t23-/m0/s1. The Bertz CT molecular complexity index is 992. The Morgan fingerprint density at radius 1 is 1.20 bits per heavy atom. The summed E-state index contributed by atoms with van der Waals surface area (Å²) in [5.41, 5.74) is 2.55. The quantitative estimate of drug-likeness (QED) is 0.840. The van der Waals surface area contributed by atoms with Crippen LogP contribution in [-0.2, 0) is 16.2 Å². The smallest absolute Gasteiger partial charge is 0.269 e. The van der Waals surface area contributed by atoms with Crippen LogP contribution >= 0.6 is 0 Å². The fraction of sp³-hybridized carbons (Fsp3) is 0.435. The first-order valence-electron chi connectivity index (χ1n) is 10.3. The molecule has 1 saturated heterocycles. The van der Waals surface area contributed by atoms with Crippen molar-refractivity contribution in [3.05, 3.63) is 58.5 Å². The number of carbonyl (C=O) groups excluding carboxylic acids is 2. The minimum atomic E-state index is -0.628. The Labute approximate surface area is 176 Å². The number of hydrogen-bond donors (Lipinski definition) is 1. The first-order chi connectivity index (χ1) is 14.3. The average molecular weight is 409 g/mol. The van der Waals surface area contributed by atoms with E-state index in [1.54, 1.807) is 17.9 Å². The average Bonchev–Trinajstić information content (AvgIpc) is 3.29. The van der Waals surface area contributed by atoms with Crippen LogP contribution in [0.15, 0.2) is 39.9 Å². The number of nitrogens with one attached hydrogen (secondary N) is 1. The number of likely N-dealkylation sites (tertiary alicyclic amines) is 1. The summed E-state index contributed by atoms with van der Waals surface area (Å²) in [7, 11) is 0. The molecule has 2 aliphatic heterocycles. The normalized spacial score (nSPS) is 20.8. The molecule has 2 aromatic rings. The number of furan rings is 1. The number of oxime groups is 1. The second-order valence-electron chi connectivity index (χ2n) is 8.31. The minimum absolute atomic E-state index is 0.0655. The minimum Gasteiger partial charge on any atom is -0.466 e. The summed E-state index contributed by atoms with van der Waals surface area (Å²) in [4.78, 5) is 33.1. The maximum Gasteiger partial charge on any atom is 0.269 e. The van der Waals surface area contributed by atoms with Gasteiger partial charge in [-0.1, -0.05) is 35.0 Å². The molecule has 1 aromatic carbocycles. The van der Waals surface area contributed by atoms with Crippen LogP contribution in [0.1, 0.15) is 52.3 Å². The lowest BCUT2D eigenvalue weighted by atomic mass is 9.87. The molecule has 158 valence electrons. The Hall–Kier alpha value is -3.09. The van der Waals surface area contributed by atoms with Crippen molar-refractivity contribution in [3.63, 3.8) is 0 Å². The number of rotatable bonds is 4. The van der Waals surface area contributed by atoms with Crippen LogP contribution in [0, 0.1) is 20.8 Å². The van der Waals surface area contributed by atoms with Crippen molar-refractivity contribution in [2.45, 2.75) is 52.2 Å². The van der Waals surface area contributed by atoms with E-state index < -0.39 is 5.60 Å². The third-order valence-corrected chi connectivity index (χ3v) is 5.77. The van der Waals surface area contributed by atoms with Crippen LogP contribution in [0.4, 0.5) is 0 Å². The molecule has 1 aromatic heterocycles. The van der Waals surface area contributed by atoms with Crippen LogP contribution < -0.4 is 5.32 Å². The summed E-state index contributed by atoms with van der Waals surface area (Å²) in [5, 5.41) is 6.99. The van der Waals surface area contributed by atoms with Gasteiger partial charge in [0.05, 0.1) is 12.1 Å². The summed E-state index contributed by atoms with van der Waals surface area (Å²) in [6.07, 6.45) is 1.97. The molecule has 30 heavy (non-hydrogen) atoms. The van der Waals surface area contributed by atoms with Crippen molar-refractivity contribution in [3.8, 4) is 0 Å². The number of amides is 2. The zero-order valence-corrected chi connectivity index (χ0v) is 17.7. The molecular formula is C23H27N3O4. The molecule has 0 bridgehead atoms. The lowest BCUT2D eigenvalue weighted by molar-refractivity contribution is -0.115. The van der Waals surface area contributed by atoms with Crippen LogP contribution in [-0.4, -0.2) is 41.1 Å². The Kier molecular flexibility index (Phi) is 5.37. The molecule has 0 radical (unpaired) electrons. The summed E-state index contributed by atoms with van der Waals surface area (Å²) in [6.45, 7) is 7.16. The Balaban J connectivity index is 1.36. The highest BCUT2D eigenvalue weighted by Gasteiger charge is 2.45. The molecule has 1 N–H and O–H groups in total. The van der Waals surface area contributed by atoms with E-state index >= 15 is 0 Å². The zero-order chi connectivity index (χ0) is 21.3. The highest BCUT2D eigenvalue weighted by Crippen LogP contribution is 2.34. The number of carbonyl (C=O) groups is 2. The van der Waals surface area contributed by atoms with Gasteiger partial charge >= 0.3 is 0 Å². The van der Waals surface area contributed by atoms with E-state index in [1.165, 1.54) is 5.56 Å². The van der Waals surface area contributed by atoms with Crippen LogP contribution in [0.25, 0.3) is 0 Å². The molecule has 0 unspecified atom stereocenters. The maximum atomic E-state index is 13.0. The fourth-order valence-corrected chi connectivity index (χ4v) is 4.14. The molecule has 1 atom stereocenters. The van der Waals surface area contributed by atoms with Gasteiger partial charge in [0.15, 0.2) is 5.60 Å². The first kappa shape index (κ1) is 20.2. The van der Waals surface area contributed by atoms with Gasteiger partial charge in [0.2, 0.25) is 0 Å². The topological polar surface area (TPSA) is 84.1 Å². The highest BCUT2D eigenvalue weighted by atomic mass is 16.7. The predicted molar refractivity (Wildman–Crippen MR) is 112 cm³/mol. The maximum absolute atomic E-state index is 13.0. The molecule has 7 heteroatoms.